The van der Waals surface area contributed by atoms with E-state index < -0.39 is 0 Å². The second-order valence-electron chi connectivity index (χ2n) is 5.76. The summed E-state index contributed by atoms with van der Waals surface area (Å²) < 4.78 is 5.90. The first kappa shape index (κ1) is 10.4. The van der Waals surface area contributed by atoms with Gasteiger partial charge in [0, 0.05) is 6.54 Å². The molecule has 2 heteroatoms. The zero-order chi connectivity index (χ0) is 10.4. The summed E-state index contributed by atoms with van der Waals surface area (Å²) in [7, 11) is 0. The summed E-state index contributed by atoms with van der Waals surface area (Å²) >= 11 is 0. The lowest BCUT2D eigenvalue weighted by molar-refractivity contribution is -0.0433. The van der Waals surface area contributed by atoms with Crippen LogP contribution < -0.4 is 5.73 Å². The van der Waals surface area contributed by atoms with Crippen LogP contribution in [0.5, 0.6) is 0 Å². The minimum atomic E-state index is 0.396. The summed E-state index contributed by atoms with van der Waals surface area (Å²) in [5.41, 5.74) is 6.35. The van der Waals surface area contributed by atoms with E-state index >= 15 is 0 Å². The molecule has 2 aliphatic carbocycles. The number of fused-ring (bicyclic) bond motifs is 2. The smallest absolute Gasteiger partial charge is 0.0637 e. The lowest BCUT2D eigenvalue weighted by Crippen LogP contribution is -2.37. The van der Waals surface area contributed by atoms with Crippen molar-refractivity contribution in [1.82, 2.24) is 0 Å². The normalized spacial score (nSPS) is 44.6. The third kappa shape index (κ3) is 1.17. The lowest BCUT2D eigenvalue weighted by atomic mass is 9.70. The molecule has 3 atom stereocenters. The van der Waals surface area contributed by atoms with Crippen molar-refractivity contribution >= 4 is 0 Å². The highest BCUT2D eigenvalue weighted by atomic mass is 16.5. The van der Waals surface area contributed by atoms with Gasteiger partial charge in [0.1, 0.15) is 0 Å². The van der Waals surface area contributed by atoms with Gasteiger partial charge in [-0.05, 0) is 36.0 Å². The second kappa shape index (κ2) is 3.21. The van der Waals surface area contributed by atoms with Gasteiger partial charge in [-0.15, -0.1) is 0 Å². The van der Waals surface area contributed by atoms with E-state index in [9.17, 15) is 0 Å². The molecule has 0 radical (unpaired) electrons. The second-order valence-corrected chi connectivity index (χ2v) is 5.76. The van der Waals surface area contributed by atoms with Crippen molar-refractivity contribution in [3.05, 3.63) is 0 Å². The number of nitrogens with two attached hydrogens (primary N) is 1. The Morgan fingerprint density at radius 2 is 2.07 bits per heavy atom. The average molecular weight is 197 g/mol. The first-order chi connectivity index (χ1) is 6.52. The molecule has 0 saturated heterocycles. The molecule has 14 heavy (non-hydrogen) atoms. The summed E-state index contributed by atoms with van der Waals surface area (Å²) in [4.78, 5) is 0. The van der Waals surface area contributed by atoms with Crippen LogP contribution in [0.15, 0.2) is 0 Å². The van der Waals surface area contributed by atoms with Crippen molar-refractivity contribution in [1.29, 1.82) is 0 Å². The van der Waals surface area contributed by atoms with Crippen LogP contribution in [0.25, 0.3) is 0 Å². The van der Waals surface area contributed by atoms with Gasteiger partial charge >= 0.3 is 0 Å². The molecule has 0 aromatic rings. The fourth-order valence-corrected chi connectivity index (χ4v) is 3.59. The first-order valence-corrected chi connectivity index (χ1v) is 5.84. The SMILES string of the molecule is CC1(C)C2CCC1(C)C(OCCN)C2. The Morgan fingerprint density at radius 3 is 2.50 bits per heavy atom. The van der Waals surface area contributed by atoms with E-state index in [1.807, 2.05) is 0 Å². The molecule has 82 valence electrons. The Morgan fingerprint density at radius 1 is 1.36 bits per heavy atom. The van der Waals surface area contributed by atoms with Gasteiger partial charge in [-0.25, -0.2) is 0 Å². The van der Waals surface area contributed by atoms with Gasteiger partial charge in [-0.2, -0.15) is 0 Å². The van der Waals surface area contributed by atoms with Gasteiger partial charge in [0.2, 0.25) is 0 Å². The molecule has 2 rings (SSSR count). The van der Waals surface area contributed by atoms with Gasteiger partial charge in [-0.3, -0.25) is 0 Å². The molecule has 2 N–H and O–H groups in total. The Hall–Kier alpha value is -0.0800. The molecule has 2 bridgehead atoms. The molecule has 0 aromatic heterocycles. The molecule has 2 fully saturated rings. The number of ether oxygens (including phenoxy) is 1. The molecular formula is C12H23NO. The van der Waals surface area contributed by atoms with Gasteiger partial charge in [0.15, 0.2) is 0 Å². The summed E-state index contributed by atoms with van der Waals surface area (Å²) in [5, 5.41) is 0. The molecule has 0 heterocycles. The molecule has 0 spiro atoms. The number of hydrogen-bond donors (Lipinski definition) is 1. The van der Waals surface area contributed by atoms with Crippen molar-refractivity contribution in [3.63, 3.8) is 0 Å². The Labute approximate surface area is 87.2 Å². The van der Waals surface area contributed by atoms with Crippen LogP contribution in [0.2, 0.25) is 0 Å². The van der Waals surface area contributed by atoms with Crippen molar-refractivity contribution in [2.75, 3.05) is 13.2 Å². The fraction of sp³-hybridized carbons (Fsp3) is 1.00. The van der Waals surface area contributed by atoms with E-state index in [4.69, 9.17) is 10.5 Å². The van der Waals surface area contributed by atoms with Crippen LogP contribution in [0.3, 0.4) is 0 Å². The van der Waals surface area contributed by atoms with Gasteiger partial charge in [0.25, 0.3) is 0 Å². The molecule has 3 unspecified atom stereocenters. The van der Waals surface area contributed by atoms with Crippen molar-refractivity contribution < 1.29 is 4.74 Å². The molecule has 2 nitrogen and oxygen atoms in total. The quantitative estimate of drug-likeness (QED) is 0.752. The predicted octanol–water partition coefficient (Wildman–Crippen LogP) is 2.18. The zero-order valence-corrected chi connectivity index (χ0v) is 9.68. The Balaban J connectivity index is 2.11. The standard InChI is InChI=1S/C12H23NO/c1-11(2)9-4-5-12(11,3)10(8-9)14-7-6-13/h9-10H,4-8,13H2,1-3H3. The molecule has 2 saturated carbocycles. The minimum Gasteiger partial charge on any atom is -0.376 e. The summed E-state index contributed by atoms with van der Waals surface area (Å²) in [6, 6.07) is 0. The van der Waals surface area contributed by atoms with Gasteiger partial charge < -0.3 is 10.5 Å². The maximum atomic E-state index is 5.90. The van der Waals surface area contributed by atoms with E-state index in [1.165, 1.54) is 19.3 Å². The number of rotatable bonds is 3. The van der Waals surface area contributed by atoms with Crippen molar-refractivity contribution in [2.24, 2.45) is 22.5 Å². The van der Waals surface area contributed by atoms with E-state index in [0.717, 1.165) is 12.5 Å². The monoisotopic (exact) mass is 197 g/mol. The highest BCUT2D eigenvalue weighted by Crippen LogP contribution is 2.66. The zero-order valence-electron chi connectivity index (χ0n) is 9.68. The maximum Gasteiger partial charge on any atom is 0.0637 e. The summed E-state index contributed by atoms with van der Waals surface area (Å²) in [6.07, 6.45) is 4.44. The maximum absolute atomic E-state index is 5.90. The van der Waals surface area contributed by atoms with E-state index in [1.54, 1.807) is 0 Å². The third-order valence-electron chi connectivity index (χ3n) is 5.15. The van der Waals surface area contributed by atoms with Crippen molar-refractivity contribution in [3.8, 4) is 0 Å². The van der Waals surface area contributed by atoms with Crippen LogP contribution in [-0.4, -0.2) is 19.3 Å². The van der Waals surface area contributed by atoms with Crippen LogP contribution in [0.4, 0.5) is 0 Å². The molecule has 0 aromatic carbocycles. The van der Waals surface area contributed by atoms with Crippen LogP contribution in [0, 0.1) is 16.7 Å². The largest absolute Gasteiger partial charge is 0.376 e. The molecule has 2 aliphatic rings. The summed E-state index contributed by atoms with van der Waals surface area (Å²) in [6.45, 7) is 8.61. The molecule has 0 aliphatic heterocycles. The fourth-order valence-electron chi connectivity index (χ4n) is 3.59. The summed E-state index contributed by atoms with van der Waals surface area (Å²) in [5.74, 6) is 0.871. The van der Waals surface area contributed by atoms with Crippen LogP contribution in [-0.2, 0) is 4.74 Å². The Bertz CT molecular complexity index is 226. The van der Waals surface area contributed by atoms with Crippen molar-refractivity contribution in [2.45, 2.75) is 46.1 Å². The van der Waals surface area contributed by atoms with Crippen LogP contribution in [0.1, 0.15) is 40.0 Å². The predicted molar refractivity (Wildman–Crippen MR) is 58.0 cm³/mol. The Kier molecular flexibility index (Phi) is 2.39. The van der Waals surface area contributed by atoms with E-state index in [0.29, 0.717) is 23.5 Å². The first-order valence-electron chi connectivity index (χ1n) is 5.84. The third-order valence-corrected chi connectivity index (χ3v) is 5.15. The minimum absolute atomic E-state index is 0.396. The topological polar surface area (TPSA) is 35.2 Å². The molecular weight excluding hydrogens is 174 g/mol. The molecule has 0 amide bonds. The number of hydrogen-bond acceptors (Lipinski definition) is 2. The van der Waals surface area contributed by atoms with E-state index in [2.05, 4.69) is 20.8 Å². The van der Waals surface area contributed by atoms with E-state index in [-0.39, 0.29) is 0 Å². The average Bonchev–Trinajstić information content (AvgIpc) is 2.46. The van der Waals surface area contributed by atoms with Gasteiger partial charge in [-0.1, -0.05) is 20.8 Å². The van der Waals surface area contributed by atoms with Crippen LogP contribution >= 0.6 is 0 Å². The lowest BCUT2D eigenvalue weighted by Gasteiger charge is -2.38. The van der Waals surface area contributed by atoms with Gasteiger partial charge in [0.05, 0.1) is 12.7 Å². The highest BCUT2D eigenvalue weighted by molar-refractivity contribution is 5.11. The highest BCUT2D eigenvalue weighted by Gasteiger charge is 2.61.